The minimum atomic E-state index is 0.596. The van der Waals surface area contributed by atoms with Crippen LogP contribution >= 0.6 is 0 Å². The molecule has 0 radical (unpaired) electrons. The Balaban J connectivity index is 1.43. The molecule has 29 heavy (non-hydrogen) atoms. The maximum absolute atomic E-state index is 5.16. The van der Waals surface area contributed by atoms with Gasteiger partial charge in [0.05, 0.1) is 25.4 Å². The largest absolute Gasteiger partial charge is 0.495 e. The fraction of sp³-hybridized carbons (Fsp3) is 0.136. The lowest BCUT2D eigenvalue weighted by Crippen LogP contribution is -2.04. The van der Waals surface area contributed by atoms with Gasteiger partial charge >= 0.3 is 0 Å². The second-order valence-electron chi connectivity index (χ2n) is 6.79. The fourth-order valence-electron chi connectivity index (χ4n) is 3.32. The smallest absolute Gasteiger partial charge is 0.179 e. The van der Waals surface area contributed by atoms with Crippen LogP contribution in [-0.4, -0.2) is 37.1 Å². The molecule has 0 bridgehead atoms. The molecule has 0 unspecified atom stereocenters. The average molecular weight is 382 g/mol. The Bertz CT molecular complexity index is 1300. The van der Waals surface area contributed by atoms with E-state index in [1.54, 1.807) is 19.5 Å². The second kappa shape index (κ2) is 7.27. The zero-order chi connectivity index (χ0) is 19.6. The first kappa shape index (κ1) is 17.2. The van der Waals surface area contributed by atoms with Crippen LogP contribution in [0.1, 0.15) is 17.0 Å². The Morgan fingerprint density at radius 3 is 2.69 bits per heavy atom. The highest BCUT2D eigenvalue weighted by atomic mass is 16.5. The molecule has 0 saturated heterocycles. The van der Waals surface area contributed by atoms with Crippen molar-refractivity contribution >= 4 is 22.1 Å². The van der Waals surface area contributed by atoms with E-state index in [1.165, 1.54) is 0 Å². The molecule has 0 aliphatic carbocycles. The molecule has 0 fully saturated rings. The molecular formula is C22H18N6O. The maximum Gasteiger partial charge on any atom is 0.179 e. The molecule has 5 rings (SSSR count). The molecule has 7 heteroatoms. The maximum atomic E-state index is 5.16. The minimum absolute atomic E-state index is 0.596. The number of rotatable bonds is 5. The summed E-state index contributed by atoms with van der Waals surface area (Å²) in [5.74, 6) is 0.741. The molecule has 0 spiro atoms. The van der Waals surface area contributed by atoms with Crippen LogP contribution in [0.25, 0.3) is 22.1 Å². The third-order valence-corrected chi connectivity index (χ3v) is 4.81. The number of ether oxygens (including phenoxy) is 1. The standard InChI is InChI=1S/C22H18N6O/c1-29-19-7-5-17(24-13-19)12-18-6-9-21-22(25-18)28(27-26-21)14-15-4-8-20-16(11-15)3-2-10-23-20/h2-11,13H,12,14H2,1H3. The molecule has 5 aromatic rings. The molecule has 1 aromatic carbocycles. The normalized spacial score (nSPS) is 11.2. The van der Waals surface area contributed by atoms with Gasteiger partial charge < -0.3 is 4.74 Å². The third-order valence-electron chi connectivity index (χ3n) is 4.81. The Morgan fingerprint density at radius 1 is 0.931 bits per heavy atom. The lowest BCUT2D eigenvalue weighted by Gasteiger charge is -2.06. The zero-order valence-corrected chi connectivity index (χ0v) is 15.9. The summed E-state index contributed by atoms with van der Waals surface area (Å²) in [7, 11) is 1.63. The van der Waals surface area contributed by atoms with E-state index >= 15 is 0 Å². The number of pyridine rings is 3. The lowest BCUT2D eigenvalue weighted by atomic mass is 10.1. The van der Waals surface area contributed by atoms with Gasteiger partial charge in [-0.05, 0) is 48.0 Å². The van der Waals surface area contributed by atoms with E-state index in [1.807, 2.05) is 41.1 Å². The number of benzene rings is 1. The molecule has 4 heterocycles. The second-order valence-corrected chi connectivity index (χ2v) is 6.79. The van der Waals surface area contributed by atoms with Crippen LogP contribution in [0, 0.1) is 0 Å². The van der Waals surface area contributed by atoms with Crippen molar-refractivity contribution in [3.05, 3.63) is 83.9 Å². The first-order valence-corrected chi connectivity index (χ1v) is 9.30. The highest BCUT2D eigenvalue weighted by Crippen LogP contribution is 2.17. The van der Waals surface area contributed by atoms with Crippen LogP contribution in [0.15, 0.2) is 67.0 Å². The third kappa shape index (κ3) is 3.50. The van der Waals surface area contributed by atoms with E-state index in [9.17, 15) is 0 Å². The van der Waals surface area contributed by atoms with Crippen molar-refractivity contribution in [1.82, 2.24) is 29.9 Å². The summed E-state index contributed by atoms with van der Waals surface area (Å²) >= 11 is 0. The van der Waals surface area contributed by atoms with Gasteiger partial charge in [-0.3, -0.25) is 9.97 Å². The van der Waals surface area contributed by atoms with E-state index in [0.29, 0.717) is 13.0 Å². The molecule has 0 aliphatic heterocycles. The van der Waals surface area contributed by atoms with Crippen molar-refractivity contribution in [2.75, 3.05) is 7.11 Å². The van der Waals surface area contributed by atoms with E-state index in [0.717, 1.165) is 44.8 Å². The molecule has 142 valence electrons. The summed E-state index contributed by atoms with van der Waals surface area (Å²) in [4.78, 5) is 13.6. The van der Waals surface area contributed by atoms with Crippen molar-refractivity contribution in [1.29, 1.82) is 0 Å². The summed E-state index contributed by atoms with van der Waals surface area (Å²) in [6, 6.07) is 18.0. The van der Waals surface area contributed by atoms with Gasteiger partial charge in [0.1, 0.15) is 11.3 Å². The van der Waals surface area contributed by atoms with Crippen LogP contribution < -0.4 is 4.74 Å². The van der Waals surface area contributed by atoms with Crippen LogP contribution in [-0.2, 0) is 13.0 Å². The van der Waals surface area contributed by atoms with E-state index < -0.39 is 0 Å². The highest BCUT2D eigenvalue weighted by molar-refractivity contribution is 5.79. The molecule has 0 atom stereocenters. The Kier molecular flexibility index (Phi) is 4.32. The van der Waals surface area contributed by atoms with Crippen LogP contribution in [0.3, 0.4) is 0 Å². The zero-order valence-electron chi connectivity index (χ0n) is 15.9. The predicted octanol–water partition coefficient (Wildman–Crippen LogP) is 3.42. The van der Waals surface area contributed by atoms with Gasteiger partial charge in [0.25, 0.3) is 0 Å². The summed E-state index contributed by atoms with van der Waals surface area (Å²) < 4.78 is 6.99. The van der Waals surface area contributed by atoms with Gasteiger partial charge in [-0.15, -0.1) is 5.10 Å². The molecule has 7 nitrogen and oxygen atoms in total. The predicted molar refractivity (Wildman–Crippen MR) is 110 cm³/mol. The summed E-state index contributed by atoms with van der Waals surface area (Å²) in [5, 5.41) is 9.66. The van der Waals surface area contributed by atoms with E-state index in [2.05, 4.69) is 38.5 Å². The van der Waals surface area contributed by atoms with Crippen molar-refractivity contribution in [2.24, 2.45) is 0 Å². The Morgan fingerprint density at radius 2 is 1.83 bits per heavy atom. The molecule has 0 amide bonds. The number of hydrogen-bond donors (Lipinski definition) is 0. The first-order valence-electron chi connectivity index (χ1n) is 9.30. The van der Waals surface area contributed by atoms with Crippen molar-refractivity contribution < 1.29 is 4.74 Å². The van der Waals surface area contributed by atoms with Crippen LogP contribution in [0.4, 0.5) is 0 Å². The molecule has 4 aromatic heterocycles. The van der Waals surface area contributed by atoms with Crippen LogP contribution in [0.2, 0.25) is 0 Å². The first-order chi connectivity index (χ1) is 14.3. The summed E-state index contributed by atoms with van der Waals surface area (Å²) in [6.45, 7) is 0.596. The van der Waals surface area contributed by atoms with Gasteiger partial charge in [0.2, 0.25) is 0 Å². The monoisotopic (exact) mass is 382 g/mol. The highest BCUT2D eigenvalue weighted by Gasteiger charge is 2.09. The van der Waals surface area contributed by atoms with Gasteiger partial charge in [-0.1, -0.05) is 17.3 Å². The Labute approximate surface area is 167 Å². The van der Waals surface area contributed by atoms with E-state index in [-0.39, 0.29) is 0 Å². The average Bonchev–Trinajstić information content (AvgIpc) is 3.16. The lowest BCUT2D eigenvalue weighted by molar-refractivity contribution is 0.412. The minimum Gasteiger partial charge on any atom is -0.495 e. The van der Waals surface area contributed by atoms with Crippen molar-refractivity contribution in [3.63, 3.8) is 0 Å². The van der Waals surface area contributed by atoms with E-state index in [4.69, 9.17) is 9.72 Å². The quantitative estimate of drug-likeness (QED) is 0.463. The Hall–Kier alpha value is -3.87. The van der Waals surface area contributed by atoms with Gasteiger partial charge in [-0.25, -0.2) is 9.67 Å². The van der Waals surface area contributed by atoms with Crippen molar-refractivity contribution in [3.8, 4) is 5.75 Å². The SMILES string of the molecule is COc1ccc(Cc2ccc3nnn(Cc4ccc5ncccc5c4)c3n2)nc1. The number of aromatic nitrogens is 6. The number of nitrogens with zero attached hydrogens (tertiary/aromatic N) is 6. The number of methoxy groups -OCH3 is 1. The van der Waals surface area contributed by atoms with Crippen LogP contribution in [0.5, 0.6) is 5.75 Å². The summed E-state index contributed by atoms with van der Waals surface area (Å²) in [6.07, 6.45) is 4.15. The number of fused-ring (bicyclic) bond motifs is 2. The summed E-state index contributed by atoms with van der Waals surface area (Å²) in [5.41, 5.74) is 5.50. The van der Waals surface area contributed by atoms with Gasteiger partial charge in [0, 0.05) is 29.4 Å². The van der Waals surface area contributed by atoms with Crippen molar-refractivity contribution in [2.45, 2.75) is 13.0 Å². The molecular weight excluding hydrogens is 364 g/mol. The molecule has 0 N–H and O–H groups in total. The molecule has 0 aliphatic rings. The fourth-order valence-corrected chi connectivity index (χ4v) is 3.32. The van der Waals surface area contributed by atoms with Gasteiger partial charge in [0.15, 0.2) is 5.65 Å². The molecule has 0 saturated carbocycles. The topological polar surface area (TPSA) is 78.6 Å². The van der Waals surface area contributed by atoms with Gasteiger partial charge in [-0.2, -0.15) is 0 Å². The number of hydrogen-bond acceptors (Lipinski definition) is 6.